The summed E-state index contributed by atoms with van der Waals surface area (Å²) in [6, 6.07) is 4.68. The number of alkyl halides is 3. The van der Waals surface area contributed by atoms with E-state index in [9.17, 15) is 13.2 Å². The molecule has 0 amide bonds. The summed E-state index contributed by atoms with van der Waals surface area (Å²) in [4.78, 5) is 4.81. The first-order chi connectivity index (χ1) is 12.9. The van der Waals surface area contributed by atoms with Crippen LogP contribution in [-0.2, 0) is 25.6 Å². The maximum Gasteiger partial charge on any atom is 0.417 e. The van der Waals surface area contributed by atoms with E-state index in [1.54, 1.807) is 6.07 Å². The summed E-state index contributed by atoms with van der Waals surface area (Å²) in [6.45, 7) is 6.17. The normalized spacial score (nSPS) is 19.6. The second-order valence-corrected chi connectivity index (χ2v) is 7.98. The van der Waals surface area contributed by atoms with Crippen molar-refractivity contribution in [1.29, 1.82) is 0 Å². The van der Waals surface area contributed by atoms with Gasteiger partial charge >= 0.3 is 6.18 Å². The SMILES string of the molecule is CN1CCN(CCCn2c3c(c4c(C(F)(F)F)cccc42)CCCC3)CC1. The molecule has 1 aliphatic heterocycles. The Morgan fingerprint density at radius 1 is 0.963 bits per heavy atom. The van der Waals surface area contributed by atoms with Gasteiger partial charge in [-0.3, -0.25) is 0 Å². The molecule has 0 unspecified atom stereocenters. The van der Waals surface area contributed by atoms with Gasteiger partial charge in [-0.1, -0.05) is 6.07 Å². The first kappa shape index (κ1) is 18.8. The van der Waals surface area contributed by atoms with E-state index in [0.717, 1.165) is 88.1 Å². The molecule has 6 heteroatoms. The van der Waals surface area contributed by atoms with Crippen LogP contribution in [0.5, 0.6) is 0 Å². The number of likely N-dealkylation sites (N-methyl/N-ethyl adjacent to an activating group) is 1. The summed E-state index contributed by atoms with van der Waals surface area (Å²) >= 11 is 0. The highest BCUT2D eigenvalue weighted by Crippen LogP contribution is 2.41. The van der Waals surface area contributed by atoms with Crippen LogP contribution in [0.15, 0.2) is 18.2 Å². The van der Waals surface area contributed by atoms with Crippen LogP contribution in [0.4, 0.5) is 13.2 Å². The number of piperazine rings is 1. The molecule has 2 aliphatic rings. The Balaban J connectivity index is 1.60. The van der Waals surface area contributed by atoms with Gasteiger partial charge in [-0.15, -0.1) is 0 Å². The molecule has 2 aromatic rings. The molecule has 0 radical (unpaired) electrons. The minimum Gasteiger partial charge on any atom is -0.344 e. The summed E-state index contributed by atoms with van der Waals surface area (Å²) in [5.74, 6) is 0. The molecule has 4 rings (SSSR count). The molecule has 27 heavy (non-hydrogen) atoms. The van der Waals surface area contributed by atoms with Crippen molar-refractivity contribution >= 4 is 10.9 Å². The summed E-state index contributed by atoms with van der Waals surface area (Å²) in [5.41, 5.74) is 2.40. The number of aryl methyl sites for hydroxylation is 2. The van der Waals surface area contributed by atoms with Crippen molar-refractivity contribution in [3.63, 3.8) is 0 Å². The van der Waals surface area contributed by atoms with Crippen molar-refractivity contribution in [2.24, 2.45) is 0 Å². The molecule has 0 bridgehead atoms. The Bertz CT molecular complexity index is 801. The molecule has 0 spiro atoms. The van der Waals surface area contributed by atoms with E-state index < -0.39 is 11.7 Å². The van der Waals surface area contributed by atoms with Crippen LogP contribution in [0, 0.1) is 0 Å². The van der Waals surface area contributed by atoms with E-state index in [1.165, 1.54) is 6.07 Å². The lowest BCUT2D eigenvalue weighted by Crippen LogP contribution is -2.44. The van der Waals surface area contributed by atoms with Crippen LogP contribution in [0.25, 0.3) is 10.9 Å². The number of hydrogen-bond acceptors (Lipinski definition) is 2. The second-order valence-electron chi connectivity index (χ2n) is 7.98. The Labute approximate surface area is 158 Å². The van der Waals surface area contributed by atoms with Crippen molar-refractivity contribution in [3.05, 3.63) is 35.0 Å². The van der Waals surface area contributed by atoms with Gasteiger partial charge in [0, 0.05) is 49.3 Å². The minimum atomic E-state index is -4.29. The highest BCUT2D eigenvalue weighted by atomic mass is 19.4. The third-order valence-electron chi connectivity index (χ3n) is 6.16. The van der Waals surface area contributed by atoms with Gasteiger partial charge in [-0.25, -0.2) is 0 Å². The van der Waals surface area contributed by atoms with Crippen molar-refractivity contribution in [2.45, 2.75) is 44.8 Å². The largest absolute Gasteiger partial charge is 0.417 e. The van der Waals surface area contributed by atoms with Crippen molar-refractivity contribution in [2.75, 3.05) is 39.8 Å². The molecule has 3 nitrogen and oxygen atoms in total. The highest BCUT2D eigenvalue weighted by Gasteiger charge is 2.35. The zero-order chi connectivity index (χ0) is 19.0. The maximum absolute atomic E-state index is 13.6. The van der Waals surface area contributed by atoms with E-state index in [2.05, 4.69) is 21.4 Å². The van der Waals surface area contributed by atoms with Crippen LogP contribution in [0.2, 0.25) is 0 Å². The lowest BCUT2D eigenvalue weighted by molar-refractivity contribution is -0.136. The predicted octanol–water partition coefficient (Wildman–Crippen LogP) is 4.18. The van der Waals surface area contributed by atoms with Gasteiger partial charge < -0.3 is 14.4 Å². The first-order valence-corrected chi connectivity index (χ1v) is 10.1. The third-order valence-corrected chi connectivity index (χ3v) is 6.16. The molecular weight excluding hydrogens is 351 g/mol. The van der Waals surface area contributed by atoms with Crippen molar-refractivity contribution < 1.29 is 13.2 Å². The van der Waals surface area contributed by atoms with E-state index >= 15 is 0 Å². The van der Waals surface area contributed by atoms with Gasteiger partial charge in [0.25, 0.3) is 0 Å². The van der Waals surface area contributed by atoms with Gasteiger partial charge in [0.1, 0.15) is 0 Å². The molecule has 1 fully saturated rings. The molecule has 1 aliphatic carbocycles. The number of aromatic nitrogens is 1. The van der Waals surface area contributed by atoms with Crippen molar-refractivity contribution in [3.8, 4) is 0 Å². The average molecular weight is 379 g/mol. The van der Waals surface area contributed by atoms with E-state index in [1.807, 2.05) is 6.07 Å². The zero-order valence-corrected chi connectivity index (χ0v) is 16.0. The summed E-state index contributed by atoms with van der Waals surface area (Å²) < 4.78 is 43.0. The van der Waals surface area contributed by atoms with E-state index in [0.29, 0.717) is 5.39 Å². The predicted molar refractivity (Wildman–Crippen MR) is 102 cm³/mol. The topological polar surface area (TPSA) is 11.4 Å². The molecule has 148 valence electrons. The Hall–Kier alpha value is -1.53. The van der Waals surface area contributed by atoms with E-state index in [4.69, 9.17) is 0 Å². The number of fused-ring (bicyclic) bond motifs is 3. The average Bonchev–Trinajstić information content (AvgIpc) is 2.97. The molecule has 1 saturated heterocycles. The Kier molecular flexibility index (Phi) is 5.21. The van der Waals surface area contributed by atoms with Crippen LogP contribution < -0.4 is 0 Å². The van der Waals surface area contributed by atoms with Gasteiger partial charge in [0.05, 0.1) is 5.56 Å². The second kappa shape index (κ2) is 7.47. The van der Waals surface area contributed by atoms with Crippen LogP contribution in [-0.4, -0.2) is 54.1 Å². The Morgan fingerprint density at radius 3 is 2.44 bits per heavy atom. The molecule has 0 saturated carbocycles. The van der Waals surface area contributed by atoms with Crippen LogP contribution in [0.3, 0.4) is 0 Å². The highest BCUT2D eigenvalue weighted by molar-refractivity contribution is 5.89. The minimum absolute atomic E-state index is 0.458. The smallest absolute Gasteiger partial charge is 0.344 e. The van der Waals surface area contributed by atoms with Gasteiger partial charge in [-0.2, -0.15) is 13.2 Å². The maximum atomic E-state index is 13.6. The fraction of sp³-hybridized carbons (Fsp3) is 0.619. The van der Waals surface area contributed by atoms with Gasteiger partial charge in [0.15, 0.2) is 0 Å². The van der Waals surface area contributed by atoms with Crippen molar-refractivity contribution in [1.82, 2.24) is 14.4 Å². The third kappa shape index (κ3) is 3.74. The molecular formula is C21H28F3N3. The van der Waals surface area contributed by atoms with E-state index in [-0.39, 0.29) is 0 Å². The number of benzene rings is 1. The van der Waals surface area contributed by atoms with Crippen LogP contribution in [0.1, 0.15) is 36.1 Å². The first-order valence-electron chi connectivity index (χ1n) is 10.1. The number of rotatable bonds is 4. The summed E-state index contributed by atoms with van der Waals surface area (Å²) in [6.07, 6.45) is 0.413. The lowest BCUT2D eigenvalue weighted by atomic mass is 9.93. The lowest BCUT2D eigenvalue weighted by Gasteiger charge is -2.32. The Morgan fingerprint density at radius 2 is 1.70 bits per heavy atom. The number of nitrogens with zero attached hydrogens (tertiary/aromatic N) is 3. The zero-order valence-electron chi connectivity index (χ0n) is 16.0. The standard InChI is InChI=1S/C21H28F3N3/c1-25-12-14-26(15-13-25)10-5-11-27-18-8-3-2-6-16(18)20-17(21(22,23)24)7-4-9-19(20)27/h4,7,9H,2-3,5-6,8,10-15H2,1H3. The molecule has 1 aromatic heterocycles. The van der Waals surface area contributed by atoms with Gasteiger partial charge in [0.2, 0.25) is 0 Å². The fourth-order valence-corrected chi connectivity index (χ4v) is 4.70. The molecule has 2 heterocycles. The number of halogens is 3. The summed E-state index contributed by atoms with van der Waals surface area (Å²) in [7, 11) is 2.15. The van der Waals surface area contributed by atoms with Gasteiger partial charge in [-0.05, 0) is 63.4 Å². The molecule has 0 atom stereocenters. The van der Waals surface area contributed by atoms with Crippen LogP contribution >= 0.6 is 0 Å². The quantitative estimate of drug-likeness (QED) is 0.790. The number of hydrogen-bond donors (Lipinski definition) is 0. The molecule has 1 aromatic carbocycles. The fourth-order valence-electron chi connectivity index (χ4n) is 4.70. The molecule has 0 N–H and O–H groups in total. The monoisotopic (exact) mass is 379 g/mol. The summed E-state index contributed by atoms with van der Waals surface area (Å²) in [5, 5.41) is 0.458.